The first-order valence-electron chi connectivity index (χ1n) is 5.60. The maximum Gasteiger partial charge on any atom is 0.257 e. The summed E-state index contributed by atoms with van der Waals surface area (Å²) >= 11 is 7.64. The quantitative estimate of drug-likeness (QED) is 0.666. The fraction of sp³-hybridized carbons (Fsp3) is 0.0714. The molecule has 0 bridgehead atoms. The number of hydrogen-bond acceptors (Lipinski definition) is 3. The molecule has 98 valence electrons. The highest BCUT2D eigenvalue weighted by Crippen LogP contribution is 2.22. The van der Waals surface area contributed by atoms with Crippen molar-refractivity contribution in [2.75, 3.05) is 17.3 Å². The first-order chi connectivity index (χ1) is 9.10. The highest BCUT2D eigenvalue weighted by molar-refractivity contribution is 7.98. The Hall–Kier alpha value is -1.65. The third-order valence-corrected chi connectivity index (χ3v) is 3.64. The van der Waals surface area contributed by atoms with E-state index in [4.69, 9.17) is 17.3 Å². The van der Waals surface area contributed by atoms with Crippen LogP contribution in [0.15, 0.2) is 47.4 Å². The van der Waals surface area contributed by atoms with Gasteiger partial charge in [-0.2, -0.15) is 0 Å². The Morgan fingerprint density at radius 3 is 2.47 bits per heavy atom. The minimum Gasteiger partial charge on any atom is -0.399 e. The standard InChI is InChI=1S/C14H13ClN2OS/c1-19-11-5-3-10(4-6-11)17-14(18)12-7-2-9(16)8-13(12)15/h2-8H,16H2,1H3,(H,17,18). The third kappa shape index (κ3) is 3.43. The van der Waals surface area contributed by atoms with Crippen LogP contribution in [0.4, 0.5) is 11.4 Å². The van der Waals surface area contributed by atoms with E-state index in [9.17, 15) is 4.79 Å². The Labute approximate surface area is 121 Å². The summed E-state index contributed by atoms with van der Waals surface area (Å²) in [5.74, 6) is -0.248. The molecule has 0 saturated carbocycles. The van der Waals surface area contributed by atoms with Gasteiger partial charge in [-0.3, -0.25) is 4.79 Å². The van der Waals surface area contributed by atoms with Gasteiger partial charge in [-0.05, 0) is 48.7 Å². The van der Waals surface area contributed by atoms with E-state index < -0.39 is 0 Å². The van der Waals surface area contributed by atoms with Crippen molar-refractivity contribution in [2.24, 2.45) is 0 Å². The van der Waals surface area contributed by atoms with E-state index in [0.29, 0.717) is 16.3 Å². The van der Waals surface area contributed by atoms with Crippen LogP contribution >= 0.6 is 23.4 Å². The van der Waals surface area contributed by atoms with Crippen molar-refractivity contribution < 1.29 is 4.79 Å². The topological polar surface area (TPSA) is 55.1 Å². The van der Waals surface area contributed by atoms with Gasteiger partial charge in [0.25, 0.3) is 5.91 Å². The number of amides is 1. The van der Waals surface area contributed by atoms with Gasteiger partial charge in [0.05, 0.1) is 10.6 Å². The van der Waals surface area contributed by atoms with Crippen molar-refractivity contribution in [3.05, 3.63) is 53.1 Å². The van der Waals surface area contributed by atoms with Gasteiger partial charge in [-0.15, -0.1) is 11.8 Å². The van der Waals surface area contributed by atoms with Crippen LogP contribution in [0.1, 0.15) is 10.4 Å². The summed E-state index contributed by atoms with van der Waals surface area (Å²) in [5.41, 5.74) is 7.27. The van der Waals surface area contributed by atoms with E-state index in [2.05, 4.69) is 5.32 Å². The number of carbonyl (C=O) groups is 1. The Morgan fingerprint density at radius 2 is 1.89 bits per heavy atom. The Kier molecular flexibility index (Phi) is 4.35. The average molecular weight is 293 g/mol. The number of nitrogens with one attached hydrogen (secondary N) is 1. The van der Waals surface area contributed by atoms with Crippen LogP contribution in [0.25, 0.3) is 0 Å². The van der Waals surface area contributed by atoms with Gasteiger partial charge in [0.15, 0.2) is 0 Å². The fourth-order valence-electron chi connectivity index (χ4n) is 1.59. The first-order valence-corrected chi connectivity index (χ1v) is 7.21. The highest BCUT2D eigenvalue weighted by Gasteiger charge is 2.10. The Balaban J connectivity index is 2.15. The molecule has 1 amide bonds. The van der Waals surface area contributed by atoms with E-state index >= 15 is 0 Å². The van der Waals surface area contributed by atoms with Crippen LogP contribution in [0.2, 0.25) is 5.02 Å². The van der Waals surface area contributed by atoms with Crippen molar-refractivity contribution in [1.82, 2.24) is 0 Å². The summed E-state index contributed by atoms with van der Waals surface area (Å²) in [5, 5.41) is 3.14. The molecule has 0 radical (unpaired) electrons. The van der Waals surface area contributed by atoms with Gasteiger partial charge in [0.2, 0.25) is 0 Å². The molecule has 0 spiro atoms. The summed E-state index contributed by atoms with van der Waals surface area (Å²) in [6.07, 6.45) is 2.00. The Morgan fingerprint density at radius 1 is 1.21 bits per heavy atom. The summed E-state index contributed by atoms with van der Waals surface area (Å²) in [7, 11) is 0. The largest absolute Gasteiger partial charge is 0.399 e. The number of nitrogen functional groups attached to an aromatic ring is 1. The predicted molar refractivity (Wildman–Crippen MR) is 82.0 cm³/mol. The van der Waals surface area contributed by atoms with Gasteiger partial charge >= 0.3 is 0 Å². The first kappa shape index (κ1) is 13.8. The van der Waals surface area contributed by atoms with Crippen LogP contribution in [-0.4, -0.2) is 12.2 Å². The number of benzene rings is 2. The number of carbonyl (C=O) groups excluding carboxylic acids is 1. The predicted octanol–water partition coefficient (Wildman–Crippen LogP) is 3.90. The van der Waals surface area contributed by atoms with E-state index in [1.165, 1.54) is 0 Å². The monoisotopic (exact) mass is 292 g/mol. The highest BCUT2D eigenvalue weighted by atomic mass is 35.5. The number of anilines is 2. The summed E-state index contributed by atoms with van der Waals surface area (Å²) < 4.78 is 0. The molecular formula is C14H13ClN2OS. The molecule has 0 unspecified atom stereocenters. The van der Waals surface area contributed by atoms with Crippen LogP contribution in [-0.2, 0) is 0 Å². The minimum atomic E-state index is -0.248. The SMILES string of the molecule is CSc1ccc(NC(=O)c2ccc(N)cc2Cl)cc1. The molecule has 2 aromatic carbocycles. The molecule has 0 aliphatic rings. The summed E-state index contributed by atoms with van der Waals surface area (Å²) in [6, 6.07) is 12.4. The third-order valence-electron chi connectivity index (χ3n) is 2.59. The number of rotatable bonds is 3. The van der Waals surface area contributed by atoms with E-state index in [1.54, 1.807) is 30.0 Å². The second-order valence-electron chi connectivity index (χ2n) is 3.92. The lowest BCUT2D eigenvalue weighted by atomic mass is 10.2. The molecule has 19 heavy (non-hydrogen) atoms. The van der Waals surface area contributed by atoms with Crippen LogP contribution in [0.5, 0.6) is 0 Å². The van der Waals surface area contributed by atoms with Gasteiger partial charge in [0, 0.05) is 16.3 Å². The van der Waals surface area contributed by atoms with Crippen LogP contribution in [0.3, 0.4) is 0 Å². The van der Waals surface area contributed by atoms with Gasteiger partial charge in [-0.25, -0.2) is 0 Å². The smallest absolute Gasteiger partial charge is 0.257 e. The normalized spacial score (nSPS) is 10.2. The molecule has 2 rings (SSSR count). The number of thioether (sulfide) groups is 1. The lowest BCUT2D eigenvalue weighted by molar-refractivity contribution is 0.102. The van der Waals surface area contributed by atoms with E-state index in [0.717, 1.165) is 10.6 Å². The molecule has 0 heterocycles. The zero-order chi connectivity index (χ0) is 13.8. The van der Waals surface area contributed by atoms with Crippen LogP contribution in [0, 0.1) is 0 Å². The summed E-state index contributed by atoms with van der Waals surface area (Å²) in [6.45, 7) is 0. The molecule has 5 heteroatoms. The van der Waals surface area contributed by atoms with Gasteiger partial charge < -0.3 is 11.1 Å². The Bertz CT molecular complexity index is 599. The fourth-order valence-corrected chi connectivity index (χ4v) is 2.27. The molecule has 3 nitrogen and oxygen atoms in total. The van der Waals surface area contributed by atoms with Gasteiger partial charge in [0.1, 0.15) is 0 Å². The second kappa shape index (κ2) is 5.99. The molecule has 0 aromatic heterocycles. The second-order valence-corrected chi connectivity index (χ2v) is 5.21. The van der Waals surface area contributed by atoms with Crippen molar-refractivity contribution in [1.29, 1.82) is 0 Å². The van der Waals surface area contributed by atoms with Crippen molar-refractivity contribution in [3.8, 4) is 0 Å². The molecule has 0 saturated heterocycles. The lowest BCUT2D eigenvalue weighted by Crippen LogP contribution is -2.12. The van der Waals surface area contributed by atoms with E-state index in [-0.39, 0.29) is 5.91 Å². The van der Waals surface area contributed by atoms with Crippen molar-refractivity contribution in [3.63, 3.8) is 0 Å². The molecule has 0 fully saturated rings. The molecule has 0 aliphatic carbocycles. The lowest BCUT2D eigenvalue weighted by Gasteiger charge is -2.07. The molecule has 2 aromatic rings. The maximum absolute atomic E-state index is 12.1. The maximum atomic E-state index is 12.1. The molecular weight excluding hydrogens is 280 g/mol. The van der Waals surface area contributed by atoms with Crippen LogP contribution < -0.4 is 11.1 Å². The van der Waals surface area contributed by atoms with Gasteiger partial charge in [-0.1, -0.05) is 11.6 Å². The summed E-state index contributed by atoms with van der Waals surface area (Å²) in [4.78, 5) is 13.2. The molecule has 0 aliphatic heterocycles. The minimum absolute atomic E-state index is 0.248. The number of halogens is 1. The van der Waals surface area contributed by atoms with Crippen molar-refractivity contribution >= 4 is 40.6 Å². The molecule has 0 atom stereocenters. The molecule has 3 N–H and O–H groups in total. The number of hydrogen-bond donors (Lipinski definition) is 2. The zero-order valence-electron chi connectivity index (χ0n) is 10.3. The zero-order valence-corrected chi connectivity index (χ0v) is 11.9. The van der Waals surface area contributed by atoms with E-state index in [1.807, 2.05) is 30.5 Å². The average Bonchev–Trinajstić information content (AvgIpc) is 2.39. The van der Waals surface area contributed by atoms with Crippen molar-refractivity contribution in [2.45, 2.75) is 4.90 Å². The number of nitrogens with two attached hydrogens (primary N) is 1.